The van der Waals surface area contributed by atoms with Gasteiger partial charge in [-0.1, -0.05) is 57.5 Å². The van der Waals surface area contributed by atoms with Crippen molar-refractivity contribution in [2.75, 3.05) is 14.1 Å². The van der Waals surface area contributed by atoms with Crippen LogP contribution >= 0.6 is 11.6 Å². The van der Waals surface area contributed by atoms with Crippen molar-refractivity contribution < 1.29 is 10.0 Å². The van der Waals surface area contributed by atoms with Gasteiger partial charge in [-0.25, -0.2) is 5.90 Å². The Labute approximate surface area is 135 Å². The summed E-state index contributed by atoms with van der Waals surface area (Å²) in [6.45, 7) is 8.23. The molecule has 0 heterocycles. The van der Waals surface area contributed by atoms with Gasteiger partial charge in [-0.3, -0.25) is 0 Å². The molecule has 21 heavy (non-hydrogen) atoms. The normalized spacial score (nSPS) is 7.52. The molecule has 0 atom stereocenters. The van der Waals surface area contributed by atoms with Gasteiger partial charge in [-0.05, 0) is 38.6 Å². The topological polar surface area (TPSA) is 75.4 Å². The van der Waals surface area contributed by atoms with E-state index in [1.54, 1.807) is 0 Å². The van der Waals surface area contributed by atoms with Crippen LogP contribution in [0.2, 0.25) is 5.02 Å². The Balaban J connectivity index is -0.0000000973. The molecule has 0 bridgehead atoms. The highest BCUT2D eigenvalue weighted by molar-refractivity contribution is 6.30. The van der Waals surface area contributed by atoms with Gasteiger partial charge in [0.1, 0.15) is 6.29 Å². The Hall–Kier alpha value is -0.940. The Kier molecular flexibility index (Phi) is 42.3. The molecule has 0 aromatic heterocycles. The summed E-state index contributed by atoms with van der Waals surface area (Å²) >= 11 is 5.54. The van der Waals surface area contributed by atoms with Gasteiger partial charge in [0.25, 0.3) is 0 Å². The predicted octanol–water partition coefficient (Wildman–Crippen LogP) is 4.16. The standard InChI is InChI=1S/C6H5Cl.C6H12O.C2H7N.C2H6.H3NO/c7-6-4-2-1-3-5-6;1-6(2)4-3-5-7;1-3-2;2*1-2/h1-5H;5-6H,3-4H2,1-2H3;3H,1-2H3;1-2H3;2H,1H2. The Bertz CT molecular complexity index is 258. The van der Waals surface area contributed by atoms with Gasteiger partial charge in [0, 0.05) is 11.4 Å². The number of nitrogens with one attached hydrogen (secondary N) is 1. The van der Waals surface area contributed by atoms with E-state index in [2.05, 4.69) is 25.1 Å². The summed E-state index contributed by atoms with van der Waals surface area (Å²) in [4.78, 5) is 9.71. The molecule has 0 radical (unpaired) electrons. The smallest absolute Gasteiger partial charge is 0.120 e. The molecular formula is C16H33ClN2O2. The van der Waals surface area contributed by atoms with Gasteiger partial charge >= 0.3 is 0 Å². The van der Waals surface area contributed by atoms with E-state index in [9.17, 15) is 4.79 Å². The molecule has 1 rings (SSSR count). The van der Waals surface area contributed by atoms with Crippen LogP contribution in [0.25, 0.3) is 0 Å². The average molecular weight is 321 g/mol. The molecule has 0 amide bonds. The van der Waals surface area contributed by atoms with Crippen molar-refractivity contribution in [2.24, 2.45) is 11.8 Å². The number of halogens is 1. The molecule has 0 fully saturated rings. The van der Waals surface area contributed by atoms with E-state index in [0.717, 1.165) is 24.2 Å². The van der Waals surface area contributed by atoms with E-state index >= 15 is 0 Å². The second-order valence-electron chi connectivity index (χ2n) is 3.93. The van der Waals surface area contributed by atoms with Crippen molar-refractivity contribution in [3.8, 4) is 0 Å². The number of carbonyl (C=O) groups is 1. The molecule has 126 valence electrons. The molecule has 0 aliphatic rings. The second-order valence-corrected chi connectivity index (χ2v) is 4.37. The van der Waals surface area contributed by atoms with Gasteiger partial charge in [0.2, 0.25) is 0 Å². The molecular weight excluding hydrogens is 288 g/mol. The van der Waals surface area contributed by atoms with Crippen LogP contribution < -0.4 is 11.2 Å². The first-order valence-corrected chi connectivity index (χ1v) is 7.44. The Morgan fingerprint density at radius 2 is 1.57 bits per heavy atom. The van der Waals surface area contributed by atoms with Gasteiger partial charge in [-0.2, -0.15) is 0 Å². The van der Waals surface area contributed by atoms with Gasteiger partial charge < -0.3 is 15.3 Å². The largest absolute Gasteiger partial charge is 0.323 e. The molecule has 0 aliphatic carbocycles. The zero-order valence-corrected chi connectivity index (χ0v) is 15.0. The molecule has 1 aromatic carbocycles. The van der Waals surface area contributed by atoms with Crippen LogP contribution in [-0.2, 0) is 4.79 Å². The lowest BCUT2D eigenvalue weighted by Crippen LogP contribution is -1.89. The number of hydrogen-bond donors (Lipinski definition) is 3. The lowest BCUT2D eigenvalue weighted by atomic mass is 10.1. The van der Waals surface area contributed by atoms with Crippen molar-refractivity contribution in [3.05, 3.63) is 35.4 Å². The minimum absolute atomic E-state index is 0.671. The van der Waals surface area contributed by atoms with Crippen molar-refractivity contribution >= 4 is 17.9 Å². The predicted molar refractivity (Wildman–Crippen MR) is 93.9 cm³/mol. The minimum Gasteiger partial charge on any atom is -0.323 e. The van der Waals surface area contributed by atoms with Crippen LogP contribution in [0.4, 0.5) is 0 Å². The minimum atomic E-state index is 0.671. The highest BCUT2D eigenvalue weighted by Gasteiger charge is 1.89. The first-order chi connectivity index (χ1) is 10.1. The number of carbonyl (C=O) groups excluding carboxylic acids is 1. The quantitative estimate of drug-likeness (QED) is 0.577. The summed E-state index contributed by atoms with van der Waals surface area (Å²) in [5.74, 6) is 4.17. The monoisotopic (exact) mass is 320 g/mol. The SMILES string of the molecule is CC.CC(C)CCC=O.CNC.Clc1ccccc1.NO. The van der Waals surface area contributed by atoms with Crippen molar-refractivity contribution in [1.29, 1.82) is 0 Å². The summed E-state index contributed by atoms with van der Waals surface area (Å²) in [6.07, 6.45) is 2.72. The van der Waals surface area contributed by atoms with Crippen LogP contribution in [0, 0.1) is 5.92 Å². The number of benzene rings is 1. The fourth-order valence-electron chi connectivity index (χ4n) is 0.816. The molecule has 0 saturated carbocycles. The van der Waals surface area contributed by atoms with Crippen LogP contribution in [-0.4, -0.2) is 25.6 Å². The van der Waals surface area contributed by atoms with E-state index < -0.39 is 0 Å². The maximum absolute atomic E-state index is 9.71. The van der Waals surface area contributed by atoms with E-state index in [4.69, 9.17) is 16.8 Å². The number of hydrogen-bond acceptors (Lipinski definition) is 4. The summed E-state index contributed by atoms with van der Waals surface area (Å²) in [5.41, 5.74) is 0. The van der Waals surface area contributed by atoms with Crippen LogP contribution in [0.15, 0.2) is 30.3 Å². The fraction of sp³-hybridized carbons (Fsp3) is 0.562. The van der Waals surface area contributed by atoms with E-state index in [1.807, 2.05) is 58.3 Å². The highest BCUT2D eigenvalue weighted by Crippen LogP contribution is 2.03. The molecule has 1 aromatic rings. The first-order valence-electron chi connectivity index (χ1n) is 7.06. The molecule has 0 unspecified atom stereocenters. The maximum atomic E-state index is 9.71. The third-order valence-corrected chi connectivity index (χ3v) is 1.85. The fourth-order valence-corrected chi connectivity index (χ4v) is 0.962. The van der Waals surface area contributed by atoms with Crippen molar-refractivity contribution in [2.45, 2.75) is 40.5 Å². The highest BCUT2D eigenvalue weighted by atomic mass is 35.5. The average Bonchev–Trinajstić information content (AvgIpc) is 2.51. The number of nitrogens with two attached hydrogens (primary N) is 1. The van der Waals surface area contributed by atoms with Crippen molar-refractivity contribution in [1.82, 2.24) is 5.32 Å². The maximum Gasteiger partial charge on any atom is 0.120 e. The number of aldehydes is 1. The molecule has 5 heteroatoms. The molecule has 0 saturated heterocycles. The zero-order chi connectivity index (χ0) is 17.5. The van der Waals surface area contributed by atoms with Crippen LogP contribution in [0.3, 0.4) is 0 Å². The first kappa shape index (κ1) is 28.3. The van der Waals surface area contributed by atoms with Crippen LogP contribution in [0.5, 0.6) is 0 Å². The van der Waals surface area contributed by atoms with Gasteiger partial charge in [0.05, 0.1) is 0 Å². The lowest BCUT2D eigenvalue weighted by Gasteiger charge is -1.95. The second kappa shape index (κ2) is 31.4. The van der Waals surface area contributed by atoms with E-state index in [1.165, 1.54) is 0 Å². The van der Waals surface area contributed by atoms with Crippen LogP contribution in [0.1, 0.15) is 40.5 Å². The molecule has 4 nitrogen and oxygen atoms in total. The molecule has 0 spiro atoms. The van der Waals surface area contributed by atoms with Crippen molar-refractivity contribution in [3.63, 3.8) is 0 Å². The lowest BCUT2D eigenvalue weighted by molar-refractivity contribution is -0.108. The van der Waals surface area contributed by atoms with Gasteiger partial charge in [0.15, 0.2) is 0 Å². The summed E-state index contributed by atoms with van der Waals surface area (Å²) in [6, 6.07) is 9.44. The van der Waals surface area contributed by atoms with E-state index in [-0.39, 0.29) is 0 Å². The third kappa shape index (κ3) is 45.3. The zero-order valence-electron chi connectivity index (χ0n) is 14.3. The summed E-state index contributed by atoms with van der Waals surface area (Å²) in [5, 5.41) is 10.0. The third-order valence-electron chi connectivity index (χ3n) is 1.59. The van der Waals surface area contributed by atoms with Gasteiger partial charge in [-0.15, -0.1) is 0 Å². The Morgan fingerprint density at radius 3 is 1.71 bits per heavy atom. The summed E-state index contributed by atoms with van der Waals surface area (Å²) < 4.78 is 0. The molecule has 4 N–H and O–H groups in total. The molecule has 0 aliphatic heterocycles. The Morgan fingerprint density at radius 1 is 1.19 bits per heavy atom. The summed E-state index contributed by atoms with van der Waals surface area (Å²) in [7, 11) is 3.75. The van der Waals surface area contributed by atoms with E-state index in [0.29, 0.717) is 5.92 Å². The number of rotatable bonds is 3.